The number of fused-ring (bicyclic) bond motifs is 1. The Morgan fingerprint density at radius 2 is 1.61 bits per heavy atom. The van der Waals surface area contributed by atoms with Crippen molar-refractivity contribution in [2.24, 2.45) is 0 Å². The third-order valence-electron chi connectivity index (χ3n) is 4.15. The average molecular weight is 412 g/mol. The lowest BCUT2D eigenvalue weighted by atomic mass is 10.2. The van der Waals surface area contributed by atoms with Crippen LogP contribution in [0.1, 0.15) is 0 Å². The van der Waals surface area contributed by atoms with Gasteiger partial charge in [-0.2, -0.15) is 0 Å². The van der Waals surface area contributed by atoms with Crippen LogP contribution in [0.5, 0.6) is 34.5 Å². The van der Waals surface area contributed by atoms with Crippen LogP contribution in [-0.2, 0) is 0 Å². The number of rotatable bonds is 9. The van der Waals surface area contributed by atoms with Gasteiger partial charge in [0.15, 0.2) is 23.0 Å². The zero-order valence-corrected chi connectivity index (χ0v) is 17.0. The van der Waals surface area contributed by atoms with Crippen LogP contribution < -0.4 is 33.7 Å². The van der Waals surface area contributed by atoms with Crippen LogP contribution in [0.3, 0.4) is 0 Å². The number of methoxy groups -OCH3 is 3. The minimum absolute atomic E-state index is 0. The van der Waals surface area contributed by atoms with Gasteiger partial charge in [-0.25, -0.2) is 0 Å². The molecule has 8 heteroatoms. The topological polar surface area (TPSA) is 67.4 Å². The smallest absolute Gasteiger partial charge is 0.204 e. The van der Waals surface area contributed by atoms with Crippen molar-refractivity contribution in [3.8, 4) is 34.5 Å². The molecule has 1 atom stereocenters. The summed E-state index contributed by atoms with van der Waals surface area (Å²) in [5.74, 6) is 3.90. The first-order valence-corrected chi connectivity index (χ1v) is 8.77. The number of benzene rings is 2. The molecular weight excluding hydrogens is 386 g/mol. The summed E-state index contributed by atoms with van der Waals surface area (Å²) in [6, 6.07) is 11.1. The van der Waals surface area contributed by atoms with Crippen molar-refractivity contribution in [2.45, 2.75) is 6.10 Å². The Balaban J connectivity index is 0.00000280. The van der Waals surface area contributed by atoms with Crippen molar-refractivity contribution in [1.82, 2.24) is 5.32 Å². The van der Waals surface area contributed by atoms with E-state index in [1.54, 1.807) is 21.3 Å². The fraction of sp³-hybridized carbons (Fsp3) is 0.400. The van der Waals surface area contributed by atoms with Gasteiger partial charge in [-0.1, -0.05) is 12.1 Å². The van der Waals surface area contributed by atoms with Crippen LogP contribution >= 0.6 is 12.4 Å². The lowest BCUT2D eigenvalue weighted by molar-refractivity contribution is 0.0857. The number of hydrogen-bond acceptors (Lipinski definition) is 7. The second kappa shape index (κ2) is 10.7. The summed E-state index contributed by atoms with van der Waals surface area (Å²) in [4.78, 5) is 0. The summed E-state index contributed by atoms with van der Waals surface area (Å²) in [6.07, 6.45) is -0.102. The van der Waals surface area contributed by atoms with Gasteiger partial charge in [0.1, 0.15) is 19.3 Å². The highest BCUT2D eigenvalue weighted by atomic mass is 35.5. The summed E-state index contributed by atoms with van der Waals surface area (Å²) in [7, 11) is 4.82. The van der Waals surface area contributed by atoms with Gasteiger partial charge in [-0.05, 0) is 24.3 Å². The van der Waals surface area contributed by atoms with Crippen LogP contribution in [0.4, 0.5) is 0 Å². The zero-order valence-electron chi connectivity index (χ0n) is 16.2. The van der Waals surface area contributed by atoms with Crippen LogP contribution in [0, 0.1) is 0 Å². The third-order valence-corrected chi connectivity index (χ3v) is 4.15. The van der Waals surface area contributed by atoms with Gasteiger partial charge in [-0.3, -0.25) is 0 Å². The van der Waals surface area contributed by atoms with Crippen molar-refractivity contribution in [3.05, 3.63) is 36.4 Å². The maximum absolute atomic E-state index is 6.00. The second-order valence-electron chi connectivity index (χ2n) is 5.88. The standard InChI is InChI=1S/C20H25NO6.ClH/c1-22-15-6-4-7-16(23-2)19(15)25-11-10-21-12-14-13-26-18-9-5-8-17(24-3)20(18)27-14;/h4-9,14,21H,10-13H2,1-3H3;1H/t14-;/m0./s1. The van der Waals surface area contributed by atoms with Crippen LogP contribution in [-0.4, -0.2) is 53.7 Å². The van der Waals surface area contributed by atoms with Gasteiger partial charge in [-0.15, -0.1) is 12.4 Å². The SMILES string of the molecule is COc1cccc(OC)c1OCCNC[C@H]1COc2cccc(OC)c2O1.Cl. The van der Waals surface area contributed by atoms with E-state index in [9.17, 15) is 0 Å². The fourth-order valence-electron chi connectivity index (χ4n) is 2.82. The molecule has 0 saturated heterocycles. The second-order valence-corrected chi connectivity index (χ2v) is 5.88. The predicted octanol–water partition coefficient (Wildman–Crippen LogP) is 2.94. The minimum Gasteiger partial charge on any atom is -0.493 e. The fourth-order valence-corrected chi connectivity index (χ4v) is 2.82. The van der Waals surface area contributed by atoms with E-state index >= 15 is 0 Å². The van der Waals surface area contributed by atoms with E-state index in [1.807, 2.05) is 36.4 Å². The molecule has 0 radical (unpaired) electrons. The Labute approximate surface area is 171 Å². The molecule has 154 valence electrons. The summed E-state index contributed by atoms with van der Waals surface area (Å²) in [5, 5.41) is 3.32. The molecule has 1 N–H and O–H groups in total. The van der Waals surface area contributed by atoms with E-state index in [1.165, 1.54) is 0 Å². The largest absolute Gasteiger partial charge is 0.493 e. The number of nitrogens with one attached hydrogen (secondary N) is 1. The predicted molar refractivity (Wildman–Crippen MR) is 108 cm³/mol. The van der Waals surface area contributed by atoms with Gasteiger partial charge in [0.2, 0.25) is 11.5 Å². The molecule has 0 amide bonds. The third kappa shape index (κ3) is 5.05. The summed E-state index contributed by atoms with van der Waals surface area (Å²) in [6.45, 7) is 2.21. The van der Waals surface area contributed by atoms with E-state index in [2.05, 4.69) is 5.32 Å². The lowest BCUT2D eigenvalue weighted by Gasteiger charge is -2.27. The zero-order chi connectivity index (χ0) is 19.1. The molecule has 0 aromatic heterocycles. The molecular formula is C20H26ClNO6. The molecule has 0 spiro atoms. The first kappa shape index (κ1) is 21.8. The van der Waals surface area contributed by atoms with E-state index in [4.69, 9.17) is 28.4 Å². The van der Waals surface area contributed by atoms with Crippen molar-refractivity contribution >= 4 is 12.4 Å². The molecule has 1 aliphatic rings. The molecule has 0 saturated carbocycles. The molecule has 0 aliphatic carbocycles. The van der Waals surface area contributed by atoms with Gasteiger partial charge in [0, 0.05) is 13.1 Å². The Kier molecular flexibility index (Phi) is 8.35. The summed E-state index contributed by atoms with van der Waals surface area (Å²) < 4.78 is 33.6. The maximum atomic E-state index is 6.00. The summed E-state index contributed by atoms with van der Waals surface area (Å²) in [5.41, 5.74) is 0. The maximum Gasteiger partial charge on any atom is 0.204 e. The highest BCUT2D eigenvalue weighted by Crippen LogP contribution is 2.40. The lowest BCUT2D eigenvalue weighted by Crippen LogP contribution is -2.39. The molecule has 0 bridgehead atoms. The molecule has 7 nitrogen and oxygen atoms in total. The normalized spacial score (nSPS) is 14.6. The number of para-hydroxylation sites is 2. The highest BCUT2D eigenvalue weighted by Gasteiger charge is 2.23. The molecule has 0 fully saturated rings. The first-order valence-electron chi connectivity index (χ1n) is 8.77. The molecule has 1 aliphatic heterocycles. The Morgan fingerprint density at radius 1 is 0.964 bits per heavy atom. The Bertz CT molecular complexity index is 721. The van der Waals surface area contributed by atoms with Crippen molar-refractivity contribution < 1.29 is 28.4 Å². The number of halogens is 1. The van der Waals surface area contributed by atoms with Crippen molar-refractivity contribution in [2.75, 3.05) is 47.6 Å². The van der Waals surface area contributed by atoms with Gasteiger partial charge >= 0.3 is 0 Å². The summed E-state index contributed by atoms with van der Waals surface area (Å²) >= 11 is 0. The van der Waals surface area contributed by atoms with E-state index < -0.39 is 0 Å². The molecule has 3 rings (SSSR count). The monoisotopic (exact) mass is 411 g/mol. The molecule has 28 heavy (non-hydrogen) atoms. The van der Waals surface area contributed by atoms with Gasteiger partial charge < -0.3 is 33.7 Å². The van der Waals surface area contributed by atoms with Crippen LogP contribution in [0.2, 0.25) is 0 Å². The quantitative estimate of drug-likeness (QED) is 0.636. The molecule has 2 aromatic rings. The van der Waals surface area contributed by atoms with Crippen LogP contribution in [0.15, 0.2) is 36.4 Å². The first-order chi connectivity index (χ1) is 13.3. The van der Waals surface area contributed by atoms with Crippen LogP contribution in [0.25, 0.3) is 0 Å². The van der Waals surface area contributed by atoms with Crippen molar-refractivity contribution in [3.63, 3.8) is 0 Å². The van der Waals surface area contributed by atoms with Crippen molar-refractivity contribution in [1.29, 1.82) is 0 Å². The van der Waals surface area contributed by atoms with E-state index in [0.29, 0.717) is 60.8 Å². The van der Waals surface area contributed by atoms with E-state index in [-0.39, 0.29) is 18.5 Å². The number of hydrogen-bond donors (Lipinski definition) is 1. The minimum atomic E-state index is -0.102. The van der Waals surface area contributed by atoms with Gasteiger partial charge in [0.25, 0.3) is 0 Å². The molecule has 2 aromatic carbocycles. The van der Waals surface area contributed by atoms with Gasteiger partial charge in [0.05, 0.1) is 21.3 Å². The average Bonchev–Trinajstić information content (AvgIpc) is 2.72. The Hall–Kier alpha value is -2.51. The highest BCUT2D eigenvalue weighted by molar-refractivity contribution is 5.85. The number of ether oxygens (including phenoxy) is 6. The molecule has 0 unspecified atom stereocenters. The molecule has 1 heterocycles. The van der Waals surface area contributed by atoms with E-state index in [0.717, 1.165) is 0 Å². The Morgan fingerprint density at radius 3 is 2.29 bits per heavy atom.